The summed E-state index contributed by atoms with van der Waals surface area (Å²) in [6.45, 7) is 2.56. The summed E-state index contributed by atoms with van der Waals surface area (Å²) in [6.07, 6.45) is 2.40. The van der Waals surface area contributed by atoms with Gasteiger partial charge in [0.1, 0.15) is 11.8 Å². The summed E-state index contributed by atoms with van der Waals surface area (Å²) in [5, 5.41) is 2.58. The number of rotatable bonds is 3. The third-order valence-electron chi connectivity index (χ3n) is 4.91. The van der Waals surface area contributed by atoms with Crippen LogP contribution in [0, 0.1) is 0 Å². The summed E-state index contributed by atoms with van der Waals surface area (Å²) in [7, 11) is 0. The number of carbonyl (C=O) groups is 4. The molecule has 27 heavy (non-hydrogen) atoms. The van der Waals surface area contributed by atoms with Crippen molar-refractivity contribution in [2.24, 2.45) is 0 Å². The lowest BCUT2D eigenvalue weighted by atomic mass is 9.93. The van der Waals surface area contributed by atoms with Crippen LogP contribution in [0.25, 0.3) is 0 Å². The summed E-state index contributed by atoms with van der Waals surface area (Å²) in [4.78, 5) is 57.1. The highest BCUT2D eigenvalue weighted by Crippen LogP contribution is 2.29. The maximum absolute atomic E-state index is 12.7. The van der Waals surface area contributed by atoms with Crippen LogP contribution in [0.4, 0.5) is 0 Å². The minimum Gasteiger partial charge on any atom is -0.354 e. The van der Waals surface area contributed by atoms with Crippen LogP contribution in [0.1, 0.15) is 12.6 Å². The van der Waals surface area contributed by atoms with E-state index in [0.29, 0.717) is 12.3 Å². The Bertz CT molecular complexity index is 853. The van der Waals surface area contributed by atoms with Gasteiger partial charge in [-0.3, -0.25) is 24.2 Å². The van der Waals surface area contributed by atoms with E-state index in [1.807, 2.05) is 6.92 Å². The number of hydrogen-bond donors (Lipinski definition) is 1. The molecule has 0 spiro atoms. The first-order valence-corrected chi connectivity index (χ1v) is 8.65. The lowest BCUT2D eigenvalue weighted by molar-refractivity contribution is -0.159. The molecule has 3 aliphatic rings. The smallest absolute Gasteiger partial charge is 0.257 e. The molecule has 1 N–H and O–H groups in total. The molecular weight excluding hydrogens is 352 g/mol. The van der Waals surface area contributed by atoms with Crippen LogP contribution < -0.4 is 5.32 Å². The SMILES string of the molecule is C[C@H]1CO[C@@H]2CN3C=C(C(=O)NCc4ccccn4)C(=O)C(=O)C3C(=O)N12. The molecule has 1 aromatic heterocycles. The second-order valence-corrected chi connectivity index (χ2v) is 6.72. The first-order valence-electron chi connectivity index (χ1n) is 8.65. The molecule has 0 aromatic carbocycles. The predicted octanol–water partition coefficient (Wildman–Crippen LogP) is -1.01. The number of nitrogens with zero attached hydrogens (tertiary/aromatic N) is 3. The van der Waals surface area contributed by atoms with Crippen LogP contribution in [0.15, 0.2) is 36.2 Å². The number of ether oxygens (including phenoxy) is 1. The van der Waals surface area contributed by atoms with Gasteiger partial charge >= 0.3 is 0 Å². The molecule has 2 amide bonds. The zero-order valence-electron chi connectivity index (χ0n) is 14.6. The lowest BCUT2D eigenvalue weighted by Crippen LogP contribution is -2.65. The number of hydrogen-bond acceptors (Lipinski definition) is 7. The zero-order chi connectivity index (χ0) is 19.1. The van der Waals surface area contributed by atoms with Crippen LogP contribution in [0.3, 0.4) is 0 Å². The lowest BCUT2D eigenvalue weighted by Gasteiger charge is -2.43. The van der Waals surface area contributed by atoms with Crippen molar-refractivity contribution in [2.75, 3.05) is 13.2 Å². The maximum Gasteiger partial charge on any atom is 0.257 e. The maximum atomic E-state index is 12.7. The largest absolute Gasteiger partial charge is 0.354 e. The van der Waals surface area contributed by atoms with Crippen molar-refractivity contribution < 1.29 is 23.9 Å². The Labute approximate surface area is 155 Å². The van der Waals surface area contributed by atoms with Gasteiger partial charge in [0.15, 0.2) is 6.04 Å². The first-order chi connectivity index (χ1) is 13.0. The molecule has 4 heterocycles. The average molecular weight is 370 g/mol. The summed E-state index contributed by atoms with van der Waals surface area (Å²) >= 11 is 0. The fourth-order valence-electron chi connectivity index (χ4n) is 3.57. The van der Waals surface area contributed by atoms with Crippen LogP contribution >= 0.6 is 0 Å². The van der Waals surface area contributed by atoms with Gasteiger partial charge < -0.3 is 19.9 Å². The summed E-state index contributed by atoms with van der Waals surface area (Å²) in [5.41, 5.74) is 0.343. The molecule has 0 aliphatic carbocycles. The van der Waals surface area contributed by atoms with E-state index in [4.69, 9.17) is 4.74 Å². The van der Waals surface area contributed by atoms with Crippen molar-refractivity contribution >= 4 is 23.4 Å². The number of amides is 2. The van der Waals surface area contributed by atoms with E-state index in [1.54, 1.807) is 24.4 Å². The molecule has 9 nitrogen and oxygen atoms in total. The minimum absolute atomic E-state index is 0.123. The van der Waals surface area contributed by atoms with Crippen molar-refractivity contribution in [2.45, 2.75) is 31.8 Å². The normalized spacial score (nSPS) is 27.2. The average Bonchev–Trinajstić information content (AvgIpc) is 3.04. The standard InChI is InChI=1S/C18H18N4O5/c1-10-9-27-13-8-21-7-12(15(23)16(24)14(21)18(26)22(10)13)17(25)20-6-11-4-2-3-5-19-11/h2-5,7,10,13-14H,6,8-9H2,1H3,(H,20,25)/t10-,13+,14?/m0/s1. The molecular formula is C18H18N4O5. The highest BCUT2D eigenvalue weighted by atomic mass is 16.5. The molecule has 3 atom stereocenters. The Kier molecular flexibility index (Phi) is 4.23. The third-order valence-corrected chi connectivity index (χ3v) is 4.91. The van der Waals surface area contributed by atoms with Gasteiger partial charge in [-0.05, 0) is 19.1 Å². The molecule has 0 bridgehead atoms. The van der Waals surface area contributed by atoms with E-state index in [-0.39, 0.29) is 24.7 Å². The number of carbonyl (C=O) groups excluding carboxylic acids is 4. The van der Waals surface area contributed by atoms with Crippen molar-refractivity contribution in [3.05, 3.63) is 41.9 Å². The predicted molar refractivity (Wildman–Crippen MR) is 90.7 cm³/mol. The molecule has 2 fully saturated rings. The molecule has 140 valence electrons. The van der Waals surface area contributed by atoms with Crippen molar-refractivity contribution in [3.63, 3.8) is 0 Å². The fraction of sp³-hybridized carbons (Fsp3) is 0.389. The molecule has 4 rings (SSSR count). The summed E-state index contributed by atoms with van der Waals surface area (Å²) in [6, 6.07) is 3.89. The second kappa shape index (κ2) is 6.58. The Morgan fingerprint density at radius 2 is 2.15 bits per heavy atom. The monoisotopic (exact) mass is 370 g/mol. The Balaban J connectivity index is 1.55. The van der Waals surface area contributed by atoms with Crippen LogP contribution in [-0.4, -0.2) is 69.6 Å². The van der Waals surface area contributed by atoms with Crippen molar-refractivity contribution in [1.29, 1.82) is 0 Å². The molecule has 3 aliphatic heterocycles. The zero-order valence-corrected chi connectivity index (χ0v) is 14.6. The van der Waals surface area contributed by atoms with E-state index in [2.05, 4.69) is 10.3 Å². The number of Topliss-reactive ketones (excluding diaryl/α,β-unsaturated/α-hetero) is 2. The van der Waals surface area contributed by atoms with Gasteiger partial charge in [0.25, 0.3) is 11.8 Å². The van der Waals surface area contributed by atoms with E-state index >= 15 is 0 Å². The summed E-state index contributed by atoms with van der Waals surface area (Å²) in [5.74, 6) is -2.97. The second-order valence-electron chi connectivity index (χ2n) is 6.72. The van der Waals surface area contributed by atoms with E-state index in [0.717, 1.165) is 0 Å². The molecule has 1 aromatic rings. The topological polar surface area (TPSA) is 109 Å². The Hall–Kier alpha value is -3.07. The number of aromatic nitrogens is 1. The molecule has 0 saturated carbocycles. The molecule has 2 saturated heterocycles. The van der Waals surface area contributed by atoms with Gasteiger partial charge in [0, 0.05) is 12.4 Å². The van der Waals surface area contributed by atoms with Gasteiger partial charge in [-0.2, -0.15) is 0 Å². The number of pyridine rings is 1. The molecule has 1 unspecified atom stereocenters. The quantitative estimate of drug-likeness (QED) is 0.413. The Morgan fingerprint density at radius 1 is 1.33 bits per heavy atom. The van der Waals surface area contributed by atoms with Crippen LogP contribution in [0.2, 0.25) is 0 Å². The highest BCUT2D eigenvalue weighted by molar-refractivity contribution is 6.53. The first kappa shape index (κ1) is 17.3. The van der Waals surface area contributed by atoms with Crippen LogP contribution in [-0.2, 0) is 30.5 Å². The van der Waals surface area contributed by atoms with E-state index in [1.165, 1.54) is 16.0 Å². The van der Waals surface area contributed by atoms with Gasteiger partial charge in [0.2, 0.25) is 11.6 Å². The third kappa shape index (κ3) is 2.89. The number of ketones is 2. The number of fused-ring (bicyclic) bond motifs is 2. The van der Waals surface area contributed by atoms with Gasteiger partial charge in [0.05, 0.1) is 31.4 Å². The summed E-state index contributed by atoms with van der Waals surface area (Å²) < 4.78 is 5.58. The van der Waals surface area contributed by atoms with Gasteiger partial charge in [-0.1, -0.05) is 6.07 Å². The number of nitrogens with one attached hydrogen (secondary N) is 1. The Morgan fingerprint density at radius 3 is 2.89 bits per heavy atom. The van der Waals surface area contributed by atoms with E-state index in [9.17, 15) is 19.2 Å². The van der Waals surface area contributed by atoms with E-state index < -0.39 is 35.7 Å². The van der Waals surface area contributed by atoms with Crippen LogP contribution in [0.5, 0.6) is 0 Å². The van der Waals surface area contributed by atoms with Crippen molar-refractivity contribution in [3.8, 4) is 0 Å². The van der Waals surface area contributed by atoms with Gasteiger partial charge in [-0.15, -0.1) is 0 Å². The minimum atomic E-state index is -1.22. The molecule has 0 radical (unpaired) electrons. The fourth-order valence-corrected chi connectivity index (χ4v) is 3.57. The highest BCUT2D eigenvalue weighted by Gasteiger charge is 2.52. The van der Waals surface area contributed by atoms with Crippen molar-refractivity contribution in [1.82, 2.24) is 20.1 Å². The number of piperazine rings is 1. The molecule has 9 heteroatoms. The van der Waals surface area contributed by atoms with Gasteiger partial charge in [-0.25, -0.2) is 0 Å².